The summed E-state index contributed by atoms with van der Waals surface area (Å²) >= 11 is 0. The van der Waals surface area contributed by atoms with E-state index >= 15 is 0 Å². The Morgan fingerprint density at radius 2 is 0.614 bits per heavy atom. The van der Waals surface area contributed by atoms with Crippen LogP contribution in [-0.2, 0) is 10.8 Å². The Kier molecular flexibility index (Phi) is 10.0. The first kappa shape index (κ1) is 47.4. The molecular formula is C78H54N2O3. The van der Waals surface area contributed by atoms with Gasteiger partial charge in [-0.1, -0.05) is 185 Å². The average Bonchev–Trinajstić information content (AvgIpc) is 2.33. The quantitative estimate of drug-likeness (QED) is 0.152. The fourth-order valence-corrected chi connectivity index (χ4v) is 14.2. The molecule has 0 aliphatic heterocycles. The summed E-state index contributed by atoms with van der Waals surface area (Å²) in [6.45, 7) is 9.43. The molecule has 0 fully saturated rings. The number of anilines is 6. The number of benzene rings is 12. The van der Waals surface area contributed by atoms with E-state index < -0.39 is 0 Å². The van der Waals surface area contributed by atoms with Crippen molar-refractivity contribution in [2.24, 2.45) is 0 Å². The van der Waals surface area contributed by atoms with Crippen LogP contribution in [0.1, 0.15) is 49.9 Å². The van der Waals surface area contributed by atoms with Gasteiger partial charge in [0.25, 0.3) is 0 Å². The highest BCUT2D eigenvalue weighted by Crippen LogP contribution is 2.55. The van der Waals surface area contributed by atoms with Crippen molar-refractivity contribution in [1.29, 1.82) is 0 Å². The monoisotopic (exact) mass is 1070 g/mol. The van der Waals surface area contributed by atoms with Crippen LogP contribution in [0.4, 0.5) is 34.1 Å². The lowest BCUT2D eigenvalue weighted by Gasteiger charge is -2.29. The maximum Gasteiger partial charge on any atom is 0.137 e. The summed E-state index contributed by atoms with van der Waals surface area (Å²) in [4.78, 5) is 4.83. The molecule has 0 atom stereocenters. The number of furan rings is 3. The molecule has 3 aromatic heterocycles. The van der Waals surface area contributed by atoms with Gasteiger partial charge < -0.3 is 23.1 Å². The third-order valence-corrected chi connectivity index (χ3v) is 18.3. The molecule has 2 aliphatic rings. The number of nitrogens with zero attached hydrogens (tertiary/aromatic N) is 2. The third-order valence-electron chi connectivity index (χ3n) is 18.3. The van der Waals surface area contributed by atoms with Gasteiger partial charge in [0.05, 0.1) is 33.2 Å². The van der Waals surface area contributed by atoms with Gasteiger partial charge in [0.2, 0.25) is 0 Å². The van der Waals surface area contributed by atoms with Crippen molar-refractivity contribution in [3.63, 3.8) is 0 Å². The Morgan fingerprint density at radius 1 is 0.253 bits per heavy atom. The van der Waals surface area contributed by atoms with Crippen LogP contribution in [0.3, 0.4) is 0 Å². The molecule has 0 saturated heterocycles. The lowest BCUT2D eigenvalue weighted by molar-refractivity contribution is 0.660. The number of fused-ring (bicyclic) bond motifs is 15. The van der Waals surface area contributed by atoms with Gasteiger partial charge in [-0.25, -0.2) is 0 Å². The SMILES string of the molecule is CC1(C)c2ccccc2-c2ccc(N(c3ccc(-c4ccc(-c5ccc6c(c5)-c5ccc(N(c7cccc8oc9ccccc9c78)c7cccc8oc9ccccc9c78)cc5C6(C)C)cc4)cc3)c3cccc4oc5ccccc5c34)cc21. The molecule has 0 radical (unpaired) electrons. The molecule has 17 rings (SSSR count). The van der Waals surface area contributed by atoms with Crippen LogP contribution in [0.15, 0.2) is 268 Å². The minimum Gasteiger partial charge on any atom is -0.456 e. The van der Waals surface area contributed by atoms with E-state index in [1.54, 1.807) is 0 Å². The molecular weight excluding hydrogens is 1010 g/mol. The fourth-order valence-electron chi connectivity index (χ4n) is 14.2. The molecule has 12 aromatic carbocycles. The minimum absolute atomic E-state index is 0.145. The van der Waals surface area contributed by atoms with Gasteiger partial charge in [0, 0.05) is 44.1 Å². The number of rotatable bonds is 8. The normalized spacial score (nSPS) is 13.7. The van der Waals surface area contributed by atoms with E-state index in [2.05, 4.69) is 274 Å². The van der Waals surface area contributed by atoms with Crippen LogP contribution >= 0.6 is 0 Å². The van der Waals surface area contributed by atoms with Crippen molar-refractivity contribution >= 4 is 99.9 Å². The summed E-state index contributed by atoms with van der Waals surface area (Å²) in [5.41, 5.74) is 26.3. The molecule has 5 nitrogen and oxygen atoms in total. The zero-order valence-electron chi connectivity index (χ0n) is 46.4. The lowest BCUT2D eigenvalue weighted by Crippen LogP contribution is -2.16. The van der Waals surface area contributed by atoms with E-state index in [0.29, 0.717) is 0 Å². The van der Waals surface area contributed by atoms with Gasteiger partial charge in [0.15, 0.2) is 0 Å². The maximum absolute atomic E-state index is 6.52. The highest BCUT2D eigenvalue weighted by Gasteiger charge is 2.38. The zero-order chi connectivity index (χ0) is 55.3. The van der Waals surface area contributed by atoms with Crippen molar-refractivity contribution < 1.29 is 13.3 Å². The summed E-state index contributed by atoms with van der Waals surface area (Å²) in [7, 11) is 0. The van der Waals surface area contributed by atoms with Crippen LogP contribution in [-0.4, -0.2) is 0 Å². The molecule has 394 valence electrons. The number of hydrogen-bond acceptors (Lipinski definition) is 5. The van der Waals surface area contributed by atoms with Gasteiger partial charge in [-0.05, 0) is 164 Å². The molecule has 0 N–H and O–H groups in total. The van der Waals surface area contributed by atoms with Crippen LogP contribution in [0.5, 0.6) is 0 Å². The lowest BCUT2D eigenvalue weighted by atomic mass is 9.82. The van der Waals surface area contributed by atoms with Crippen molar-refractivity contribution in [3.8, 4) is 44.5 Å². The summed E-state index contributed by atoms with van der Waals surface area (Å²) in [6, 6.07) is 92.4. The second-order valence-corrected chi connectivity index (χ2v) is 23.6. The molecule has 2 aliphatic carbocycles. The Labute approximate surface area is 480 Å². The van der Waals surface area contributed by atoms with Crippen molar-refractivity contribution in [2.45, 2.75) is 38.5 Å². The smallest absolute Gasteiger partial charge is 0.137 e. The first-order valence-electron chi connectivity index (χ1n) is 28.7. The second kappa shape index (κ2) is 17.6. The summed E-state index contributed by atoms with van der Waals surface area (Å²) in [6.07, 6.45) is 0. The highest BCUT2D eigenvalue weighted by molar-refractivity contribution is 6.18. The van der Waals surface area contributed by atoms with Crippen LogP contribution in [0.25, 0.3) is 110 Å². The van der Waals surface area contributed by atoms with Gasteiger partial charge in [-0.15, -0.1) is 0 Å². The maximum atomic E-state index is 6.52. The van der Waals surface area contributed by atoms with Gasteiger partial charge in [0.1, 0.15) is 33.5 Å². The van der Waals surface area contributed by atoms with Crippen molar-refractivity contribution in [3.05, 3.63) is 277 Å². The number of hydrogen-bond donors (Lipinski definition) is 0. The van der Waals surface area contributed by atoms with Crippen LogP contribution in [0, 0.1) is 0 Å². The first-order valence-corrected chi connectivity index (χ1v) is 28.7. The molecule has 0 amide bonds. The number of para-hydroxylation sites is 3. The van der Waals surface area contributed by atoms with E-state index in [-0.39, 0.29) is 10.8 Å². The summed E-state index contributed by atoms with van der Waals surface area (Å²) in [5.74, 6) is 0. The summed E-state index contributed by atoms with van der Waals surface area (Å²) in [5, 5.41) is 6.51. The third kappa shape index (κ3) is 7.01. The second-order valence-electron chi connectivity index (χ2n) is 23.6. The minimum atomic E-state index is -0.263. The van der Waals surface area contributed by atoms with Gasteiger partial charge in [-0.2, -0.15) is 0 Å². The Hall–Kier alpha value is -10.4. The van der Waals surface area contributed by atoms with Crippen molar-refractivity contribution in [2.75, 3.05) is 9.80 Å². The zero-order valence-corrected chi connectivity index (χ0v) is 46.4. The fraction of sp³-hybridized carbons (Fsp3) is 0.0769. The molecule has 0 saturated carbocycles. The standard InChI is InChI=1S/C78H54N2O3/c1-77(2)61-20-9-5-16-54(61)55-41-39-52(45-63(55)77)79(65-21-13-27-71-74(65)57-17-6-10-24-68(57)81-71)51-37-34-48(35-38-51)47-30-32-49(33-31-47)50-36-43-62-60(44-50)56-42-40-53(46-64(56)78(62,3)4)80(66-22-14-28-72-75(66)58-18-7-11-25-69(58)82-72)67-23-15-29-73-76(67)59-19-8-12-26-70(59)83-73/h5-46H,1-4H3. The van der Waals surface area contributed by atoms with Crippen LogP contribution in [0.2, 0.25) is 0 Å². The Bertz CT molecular complexity index is 5050. The van der Waals surface area contributed by atoms with E-state index in [0.717, 1.165) is 111 Å². The predicted octanol–water partition coefficient (Wildman–Crippen LogP) is 22.3. The first-order chi connectivity index (χ1) is 40.7. The largest absolute Gasteiger partial charge is 0.456 e. The average molecular weight is 1070 g/mol. The Morgan fingerprint density at radius 3 is 1.13 bits per heavy atom. The molecule has 0 spiro atoms. The van der Waals surface area contributed by atoms with E-state index in [9.17, 15) is 0 Å². The molecule has 3 heterocycles. The van der Waals surface area contributed by atoms with Gasteiger partial charge >= 0.3 is 0 Å². The predicted molar refractivity (Wildman–Crippen MR) is 344 cm³/mol. The Balaban J connectivity index is 0.725. The molecule has 83 heavy (non-hydrogen) atoms. The molecule has 15 aromatic rings. The van der Waals surface area contributed by atoms with Crippen molar-refractivity contribution in [1.82, 2.24) is 0 Å². The molecule has 0 unspecified atom stereocenters. The highest BCUT2D eigenvalue weighted by atomic mass is 16.3. The van der Waals surface area contributed by atoms with Crippen LogP contribution < -0.4 is 9.80 Å². The van der Waals surface area contributed by atoms with Gasteiger partial charge in [-0.3, -0.25) is 0 Å². The topological polar surface area (TPSA) is 45.9 Å². The molecule has 0 bridgehead atoms. The van der Waals surface area contributed by atoms with E-state index in [4.69, 9.17) is 13.3 Å². The summed E-state index contributed by atoms with van der Waals surface area (Å²) < 4.78 is 19.5. The molecule has 5 heteroatoms. The van der Waals surface area contributed by atoms with E-state index in [1.807, 2.05) is 18.2 Å². The van der Waals surface area contributed by atoms with E-state index in [1.165, 1.54) is 55.6 Å².